The van der Waals surface area contributed by atoms with Crippen molar-refractivity contribution in [1.29, 1.82) is 0 Å². The first kappa shape index (κ1) is 17.4. The van der Waals surface area contributed by atoms with Crippen molar-refractivity contribution in [3.05, 3.63) is 22.3 Å². The van der Waals surface area contributed by atoms with Gasteiger partial charge in [-0.1, -0.05) is 27.7 Å². The number of aromatic nitrogens is 1. The van der Waals surface area contributed by atoms with Crippen molar-refractivity contribution >= 4 is 15.9 Å². The van der Waals surface area contributed by atoms with E-state index in [1.807, 2.05) is 0 Å². The first-order valence-electron chi connectivity index (χ1n) is 7.47. The third kappa shape index (κ3) is 7.25. The van der Waals surface area contributed by atoms with Crippen LogP contribution >= 0.6 is 15.9 Å². The maximum absolute atomic E-state index is 5.83. The van der Waals surface area contributed by atoms with Crippen LogP contribution in [-0.2, 0) is 6.54 Å². The minimum Gasteiger partial charge on any atom is -0.477 e. The van der Waals surface area contributed by atoms with Gasteiger partial charge in [0.05, 0.1) is 6.61 Å². The fourth-order valence-electron chi connectivity index (χ4n) is 1.88. The third-order valence-electron chi connectivity index (χ3n) is 2.92. The van der Waals surface area contributed by atoms with Gasteiger partial charge in [0, 0.05) is 22.8 Å². The average molecular weight is 343 g/mol. The molecule has 0 saturated heterocycles. The van der Waals surface area contributed by atoms with Crippen molar-refractivity contribution in [1.82, 2.24) is 10.3 Å². The Balaban J connectivity index is 2.51. The van der Waals surface area contributed by atoms with Crippen LogP contribution in [0.4, 0.5) is 0 Å². The van der Waals surface area contributed by atoms with E-state index in [-0.39, 0.29) is 0 Å². The lowest BCUT2D eigenvalue weighted by molar-refractivity contribution is 0.283. The number of pyridine rings is 1. The second kappa shape index (κ2) is 9.35. The van der Waals surface area contributed by atoms with Crippen LogP contribution in [0.25, 0.3) is 0 Å². The van der Waals surface area contributed by atoms with Crippen molar-refractivity contribution in [3.63, 3.8) is 0 Å². The van der Waals surface area contributed by atoms with Gasteiger partial charge < -0.3 is 10.1 Å². The van der Waals surface area contributed by atoms with E-state index in [1.54, 1.807) is 6.20 Å². The second-order valence-electron chi connectivity index (χ2n) is 6.03. The molecule has 0 aromatic carbocycles. The van der Waals surface area contributed by atoms with E-state index in [4.69, 9.17) is 4.74 Å². The lowest BCUT2D eigenvalue weighted by Crippen LogP contribution is -2.19. The van der Waals surface area contributed by atoms with Crippen molar-refractivity contribution in [2.24, 2.45) is 11.8 Å². The molecular weight excluding hydrogens is 316 g/mol. The summed E-state index contributed by atoms with van der Waals surface area (Å²) in [4.78, 5) is 4.38. The van der Waals surface area contributed by atoms with Crippen molar-refractivity contribution < 1.29 is 4.74 Å². The number of rotatable bonds is 9. The molecule has 1 aromatic rings. The fourth-order valence-corrected chi connectivity index (χ4v) is 2.26. The van der Waals surface area contributed by atoms with Crippen molar-refractivity contribution in [3.8, 4) is 5.88 Å². The zero-order valence-corrected chi connectivity index (χ0v) is 14.7. The maximum Gasteiger partial charge on any atom is 0.217 e. The SMILES string of the molecule is CC(C)CCCOc1ncc(Br)cc1CNCC(C)C. The van der Waals surface area contributed by atoms with E-state index in [0.29, 0.717) is 5.92 Å². The van der Waals surface area contributed by atoms with E-state index < -0.39 is 0 Å². The summed E-state index contributed by atoms with van der Waals surface area (Å²) >= 11 is 3.47. The summed E-state index contributed by atoms with van der Waals surface area (Å²) in [5.41, 5.74) is 1.12. The number of hydrogen-bond acceptors (Lipinski definition) is 3. The summed E-state index contributed by atoms with van der Waals surface area (Å²) in [5, 5.41) is 3.44. The molecule has 1 N–H and O–H groups in total. The van der Waals surface area contributed by atoms with Gasteiger partial charge in [0.2, 0.25) is 5.88 Å². The Labute approximate surface area is 131 Å². The topological polar surface area (TPSA) is 34.1 Å². The highest BCUT2D eigenvalue weighted by Gasteiger charge is 2.07. The largest absolute Gasteiger partial charge is 0.477 e. The Morgan fingerprint density at radius 2 is 2.00 bits per heavy atom. The standard InChI is InChI=1S/C16H27BrN2O/c1-12(2)6-5-7-20-16-14(8-15(17)11-19-16)10-18-9-13(3)4/h8,11-13,18H,5-7,9-10H2,1-4H3. The normalized spacial score (nSPS) is 11.3. The average Bonchev–Trinajstić information content (AvgIpc) is 2.36. The predicted molar refractivity (Wildman–Crippen MR) is 88.0 cm³/mol. The van der Waals surface area contributed by atoms with E-state index in [1.165, 1.54) is 6.42 Å². The molecule has 0 bridgehead atoms. The van der Waals surface area contributed by atoms with Crippen LogP contribution in [0.1, 0.15) is 46.1 Å². The number of hydrogen-bond donors (Lipinski definition) is 1. The molecule has 0 aliphatic carbocycles. The number of nitrogens with one attached hydrogen (secondary N) is 1. The molecular formula is C16H27BrN2O. The predicted octanol–water partition coefficient (Wildman–Crippen LogP) is 4.40. The van der Waals surface area contributed by atoms with Crippen LogP contribution in [0.3, 0.4) is 0 Å². The summed E-state index contributed by atoms with van der Waals surface area (Å²) in [7, 11) is 0. The van der Waals surface area contributed by atoms with Crippen LogP contribution in [0.15, 0.2) is 16.7 Å². The van der Waals surface area contributed by atoms with Gasteiger partial charge in [-0.2, -0.15) is 0 Å². The lowest BCUT2D eigenvalue weighted by atomic mass is 10.1. The summed E-state index contributed by atoms with van der Waals surface area (Å²) in [6, 6.07) is 2.08. The molecule has 0 atom stereocenters. The van der Waals surface area contributed by atoms with E-state index >= 15 is 0 Å². The molecule has 0 radical (unpaired) electrons. The quantitative estimate of drug-likeness (QED) is 0.675. The summed E-state index contributed by atoms with van der Waals surface area (Å²) in [6.45, 7) is 11.4. The lowest BCUT2D eigenvalue weighted by Gasteiger charge is -2.13. The molecule has 3 nitrogen and oxygen atoms in total. The molecule has 0 aliphatic heterocycles. The molecule has 4 heteroatoms. The summed E-state index contributed by atoms with van der Waals surface area (Å²) in [6.07, 6.45) is 4.06. The molecule has 1 aromatic heterocycles. The molecule has 0 saturated carbocycles. The van der Waals surface area contributed by atoms with Crippen molar-refractivity contribution in [2.45, 2.75) is 47.1 Å². The van der Waals surface area contributed by atoms with Gasteiger partial charge in [-0.25, -0.2) is 4.98 Å². The summed E-state index contributed by atoms with van der Waals surface area (Å²) < 4.78 is 6.82. The molecule has 0 unspecified atom stereocenters. The van der Waals surface area contributed by atoms with E-state index in [9.17, 15) is 0 Å². The van der Waals surface area contributed by atoms with Crippen LogP contribution in [0, 0.1) is 11.8 Å². The van der Waals surface area contributed by atoms with Crippen LogP contribution in [0.2, 0.25) is 0 Å². The zero-order chi connectivity index (χ0) is 15.0. The van der Waals surface area contributed by atoms with Gasteiger partial charge in [-0.3, -0.25) is 0 Å². The molecule has 1 heterocycles. The van der Waals surface area contributed by atoms with Gasteiger partial charge in [-0.05, 0) is 53.2 Å². The first-order valence-corrected chi connectivity index (χ1v) is 8.26. The van der Waals surface area contributed by atoms with Gasteiger partial charge >= 0.3 is 0 Å². The molecule has 114 valence electrons. The molecule has 0 amide bonds. The van der Waals surface area contributed by atoms with Gasteiger partial charge in [0.15, 0.2) is 0 Å². The Bertz CT molecular complexity index is 394. The highest BCUT2D eigenvalue weighted by molar-refractivity contribution is 9.10. The third-order valence-corrected chi connectivity index (χ3v) is 3.36. The smallest absolute Gasteiger partial charge is 0.217 e. The van der Waals surface area contributed by atoms with Gasteiger partial charge in [0.1, 0.15) is 0 Å². The first-order chi connectivity index (χ1) is 9.49. The Morgan fingerprint density at radius 1 is 1.25 bits per heavy atom. The van der Waals surface area contributed by atoms with Crippen LogP contribution in [-0.4, -0.2) is 18.1 Å². The Kier molecular flexibility index (Phi) is 8.15. The molecule has 0 spiro atoms. The number of halogens is 1. The van der Waals surface area contributed by atoms with Crippen molar-refractivity contribution in [2.75, 3.05) is 13.2 Å². The second-order valence-corrected chi connectivity index (χ2v) is 6.94. The van der Waals surface area contributed by atoms with Gasteiger partial charge in [0.25, 0.3) is 0 Å². The number of nitrogens with zero attached hydrogens (tertiary/aromatic N) is 1. The monoisotopic (exact) mass is 342 g/mol. The fraction of sp³-hybridized carbons (Fsp3) is 0.688. The highest BCUT2D eigenvalue weighted by atomic mass is 79.9. The Hall–Kier alpha value is -0.610. The van der Waals surface area contributed by atoms with Crippen LogP contribution < -0.4 is 10.1 Å². The molecule has 0 aliphatic rings. The van der Waals surface area contributed by atoms with E-state index in [2.05, 4.69) is 60.0 Å². The highest BCUT2D eigenvalue weighted by Crippen LogP contribution is 2.20. The zero-order valence-electron chi connectivity index (χ0n) is 13.1. The molecule has 1 rings (SSSR count). The van der Waals surface area contributed by atoms with Crippen LogP contribution in [0.5, 0.6) is 5.88 Å². The Morgan fingerprint density at radius 3 is 2.65 bits per heavy atom. The molecule has 0 fully saturated rings. The minimum absolute atomic E-state index is 0.644. The number of ether oxygens (including phenoxy) is 1. The maximum atomic E-state index is 5.83. The minimum atomic E-state index is 0.644. The summed E-state index contributed by atoms with van der Waals surface area (Å²) in [5.74, 6) is 2.13. The molecule has 20 heavy (non-hydrogen) atoms. The van der Waals surface area contributed by atoms with E-state index in [0.717, 1.165) is 48.0 Å². The van der Waals surface area contributed by atoms with Gasteiger partial charge in [-0.15, -0.1) is 0 Å².